The molecule has 1 aliphatic heterocycles. The summed E-state index contributed by atoms with van der Waals surface area (Å²) in [4.78, 5) is 25.0. The highest BCUT2D eigenvalue weighted by molar-refractivity contribution is 5.92. The number of morpholine rings is 1. The Morgan fingerprint density at radius 3 is 2.45 bits per heavy atom. The molecule has 0 atom stereocenters. The summed E-state index contributed by atoms with van der Waals surface area (Å²) in [6, 6.07) is 7.22. The molecule has 1 heterocycles. The van der Waals surface area contributed by atoms with Gasteiger partial charge < -0.3 is 20.7 Å². The zero-order valence-corrected chi connectivity index (χ0v) is 11.3. The maximum Gasteiger partial charge on any atom is 0.238 e. The SMILES string of the molecule is NCC(=O)Nc1ccc(CC(=O)N2CCOCC2)cc1. The summed E-state index contributed by atoms with van der Waals surface area (Å²) >= 11 is 0. The highest BCUT2D eigenvalue weighted by atomic mass is 16.5. The van der Waals surface area contributed by atoms with E-state index in [9.17, 15) is 9.59 Å². The number of anilines is 1. The molecule has 1 saturated heterocycles. The zero-order valence-electron chi connectivity index (χ0n) is 11.3. The van der Waals surface area contributed by atoms with Crippen LogP contribution in [-0.2, 0) is 20.7 Å². The lowest BCUT2D eigenvalue weighted by molar-refractivity contribution is -0.134. The fraction of sp³-hybridized carbons (Fsp3) is 0.429. The number of benzene rings is 1. The summed E-state index contributed by atoms with van der Waals surface area (Å²) in [5.74, 6) is -0.130. The number of nitrogens with zero attached hydrogens (tertiary/aromatic N) is 1. The number of carbonyl (C=O) groups is 2. The first-order valence-electron chi connectivity index (χ1n) is 6.63. The van der Waals surface area contributed by atoms with Crippen LogP contribution >= 0.6 is 0 Å². The highest BCUT2D eigenvalue weighted by Gasteiger charge is 2.16. The largest absolute Gasteiger partial charge is 0.378 e. The number of hydrogen-bond acceptors (Lipinski definition) is 4. The predicted octanol–water partition coefficient (Wildman–Crippen LogP) is -0.0149. The first kappa shape index (κ1) is 14.5. The number of nitrogens with two attached hydrogens (primary N) is 1. The molecule has 0 aliphatic carbocycles. The standard InChI is InChI=1S/C14H19N3O3/c15-10-13(18)16-12-3-1-11(2-4-12)9-14(19)17-5-7-20-8-6-17/h1-4H,5-10,15H2,(H,16,18). The van der Waals surface area contributed by atoms with Crippen LogP contribution in [0.3, 0.4) is 0 Å². The topological polar surface area (TPSA) is 84.7 Å². The van der Waals surface area contributed by atoms with Crippen LogP contribution in [0.2, 0.25) is 0 Å². The third kappa shape index (κ3) is 4.04. The van der Waals surface area contributed by atoms with E-state index in [1.54, 1.807) is 12.1 Å². The van der Waals surface area contributed by atoms with Crippen molar-refractivity contribution in [3.05, 3.63) is 29.8 Å². The average Bonchev–Trinajstić information content (AvgIpc) is 2.50. The molecule has 6 heteroatoms. The van der Waals surface area contributed by atoms with E-state index in [1.807, 2.05) is 17.0 Å². The smallest absolute Gasteiger partial charge is 0.238 e. The van der Waals surface area contributed by atoms with Crippen molar-refractivity contribution >= 4 is 17.5 Å². The molecule has 0 aromatic heterocycles. The summed E-state index contributed by atoms with van der Waals surface area (Å²) in [6.45, 7) is 2.48. The zero-order chi connectivity index (χ0) is 14.4. The van der Waals surface area contributed by atoms with Crippen molar-refractivity contribution in [2.75, 3.05) is 38.2 Å². The number of rotatable bonds is 4. The minimum absolute atomic E-state index is 0.0444. The van der Waals surface area contributed by atoms with Gasteiger partial charge in [-0.15, -0.1) is 0 Å². The molecule has 1 aromatic carbocycles. The van der Waals surface area contributed by atoms with E-state index in [0.29, 0.717) is 38.4 Å². The van der Waals surface area contributed by atoms with Crippen molar-refractivity contribution in [3.63, 3.8) is 0 Å². The molecule has 1 aliphatic rings. The molecule has 0 unspecified atom stereocenters. The third-order valence-corrected chi connectivity index (χ3v) is 3.14. The van der Waals surface area contributed by atoms with Gasteiger partial charge in [0.25, 0.3) is 0 Å². The summed E-state index contributed by atoms with van der Waals surface area (Å²) in [6.07, 6.45) is 0.366. The maximum absolute atomic E-state index is 12.1. The lowest BCUT2D eigenvalue weighted by Gasteiger charge is -2.26. The molecule has 1 aromatic rings. The quantitative estimate of drug-likeness (QED) is 0.810. The second kappa shape index (κ2) is 7.02. The average molecular weight is 277 g/mol. The Labute approximate surface area is 117 Å². The second-order valence-corrected chi connectivity index (χ2v) is 4.62. The first-order chi connectivity index (χ1) is 9.69. The maximum atomic E-state index is 12.1. The first-order valence-corrected chi connectivity index (χ1v) is 6.63. The summed E-state index contributed by atoms with van der Waals surface area (Å²) in [5, 5.41) is 2.66. The van der Waals surface area contributed by atoms with Crippen LogP contribution in [-0.4, -0.2) is 49.6 Å². The molecule has 6 nitrogen and oxygen atoms in total. The van der Waals surface area contributed by atoms with Crippen molar-refractivity contribution in [1.29, 1.82) is 0 Å². The Morgan fingerprint density at radius 2 is 1.85 bits per heavy atom. The molecule has 108 valence electrons. The van der Waals surface area contributed by atoms with Gasteiger partial charge in [-0.25, -0.2) is 0 Å². The summed E-state index contributed by atoms with van der Waals surface area (Å²) < 4.78 is 5.22. The van der Waals surface area contributed by atoms with E-state index < -0.39 is 0 Å². The number of carbonyl (C=O) groups excluding carboxylic acids is 2. The van der Waals surface area contributed by atoms with Crippen molar-refractivity contribution < 1.29 is 14.3 Å². The minimum atomic E-state index is -0.234. The molecular weight excluding hydrogens is 258 g/mol. The normalized spacial score (nSPS) is 14.9. The molecular formula is C14H19N3O3. The van der Waals surface area contributed by atoms with Crippen molar-refractivity contribution in [2.24, 2.45) is 5.73 Å². The Hall–Kier alpha value is -1.92. The number of amides is 2. The fourth-order valence-corrected chi connectivity index (χ4v) is 2.02. The molecule has 0 spiro atoms. The lowest BCUT2D eigenvalue weighted by Crippen LogP contribution is -2.41. The van der Waals surface area contributed by atoms with E-state index >= 15 is 0 Å². The summed E-state index contributed by atoms with van der Waals surface area (Å²) in [5.41, 5.74) is 6.83. The van der Waals surface area contributed by atoms with E-state index in [2.05, 4.69) is 5.32 Å². The number of hydrogen-bond donors (Lipinski definition) is 2. The molecule has 0 bridgehead atoms. The molecule has 1 fully saturated rings. The minimum Gasteiger partial charge on any atom is -0.378 e. The van der Waals surface area contributed by atoms with Crippen LogP contribution in [0.1, 0.15) is 5.56 Å². The van der Waals surface area contributed by atoms with E-state index in [0.717, 1.165) is 5.56 Å². The molecule has 2 amide bonds. The Morgan fingerprint density at radius 1 is 1.20 bits per heavy atom. The van der Waals surface area contributed by atoms with Gasteiger partial charge in [-0.3, -0.25) is 9.59 Å². The van der Waals surface area contributed by atoms with Crippen molar-refractivity contribution in [2.45, 2.75) is 6.42 Å². The molecule has 20 heavy (non-hydrogen) atoms. The number of nitrogens with one attached hydrogen (secondary N) is 1. The van der Waals surface area contributed by atoms with Gasteiger partial charge in [-0.2, -0.15) is 0 Å². The lowest BCUT2D eigenvalue weighted by atomic mass is 10.1. The van der Waals surface area contributed by atoms with Gasteiger partial charge in [0.15, 0.2) is 0 Å². The van der Waals surface area contributed by atoms with Crippen molar-refractivity contribution in [3.8, 4) is 0 Å². The van der Waals surface area contributed by atoms with Crippen LogP contribution in [0.5, 0.6) is 0 Å². The Kier molecular flexibility index (Phi) is 5.09. The van der Waals surface area contributed by atoms with Crippen LogP contribution in [0, 0.1) is 0 Å². The van der Waals surface area contributed by atoms with Crippen LogP contribution in [0.15, 0.2) is 24.3 Å². The molecule has 2 rings (SSSR count). The van der Waals surface area contributed by atoms with Gasteiger partial charge in [0, 0.05) is 18.8 Å². The van der Waals surface area contributed by atoms with Gasteiger partial charge in [0.05, 0.1) is 26.2 Å². The molecule has 3 N–H and O–H groups in total. The number of ether oxygens (including phenoxy) is 1. The predicted molar refractivity (Wildman–Crippen MR) is 75.2 cm³/mol. The van der Waals surface area contributed by atoms with Crippen LogP contribution in [0.4, 0.5) is 5.69 Å². The Bertz CT molecular complexity index is 467. The van der Waals surface area contributed by atoms with Gasteiger partial charge in [0.1, 0.15) is 0 Å². The van der Waals surface area contributed by atoms with E-state index in [-0.39, 0.29) is 18.4 Å². The third-order valence-electron chi connectivity index (χ3n) is 3.14. The highest BCUT2D eigenvalue weighted by Crippen LogP contribution is 2.11. The molecule has 0 radical (unpaired) electrons. The fourth-order valence-electron chi connectivity index (χ4n) is 2.02. The second-order valence-electron chi connectivity index (χ2n) is 4.62. The van der Waals surface area contributed by atoms with E-state index in [4.69, 9.17) is 10.5 Å². The monoisotopic (exact) mass is 277 g/mol. The Balaban J connectivity index is 1.89. The van der Waals surface area contributed by atoms with Gasteiger partial charge in [-0.05, 0) is 17.7 Å². The van der Waals surface area contributed by atoms with Crippen molar-refractivity contribution in [1.82, 2.24) is 4.90 Å². The van der Waals surface area contributed by atoms with Gasteiger partial charge >= 0.3 is 0 Å². The van der Waals surface area contributed by atoms with Gasteiger partial charge in [-0.1, -0.05) is 12.1 Å². The van der Waals surface area contributed by atoms with Gasteiger partial charge in [0.2, 0.25) is 11.8 Å². The summed E-state index contributed by atoms with van der Waals surface area (Å²) in [7, 11) is 0. The van der Waals surface area contributed by atoms with Crippen LogP contribution in [0.25, 0.3) is 0 Å². The molecule has 0 saturated carbocycles. The van der Waals surface area contributed by atoms with Crippen LogP contribution < -0.4 is 11.1 Å². The van der Waals surface area contributed by atoms with E-state index in [1.165, 1.54) is 0 Å².